The number of rotatable bonds is 5. The predicted octanol–water partition coefficient (Wildman–Crippen LogP) is 4.50. The van der Waals surface area contributed by atoms with E-state index in [1.54, 1.807) is 30.3 Å². The van der Waals surface area contributed by atoms with Crippen LogP contribution in [0.1, 0.15) is 5.56 Å². The van der Waals surface area contributed by atoms with Gasteiger partial charge in [0.15, 0.2) is 0 Å². The van der Waals surface area contributed by atoms with Crippen LogP contribution in [0, 0.1) is 6.92 Å². The first-order chi connectivity index (χ1) is 10.5. The lowest BCUT2D eigenvalue weighted by Crippen LogP contribution is -2.32. The number of hydrogen-bond donors (Lipinski definition) is 2. The molecule has 0 bridgehead atoms. The number of amides is 2. The summed E-state index contributed by atoms with van der Waals surface area (Å²) in [4.78, 5) is 11.7. The van der Waals surface area contributed by atoms with Crippen molar-refractivity contribution in [1.82, 2.24) is 5.32 Å². The largest absolute Gasteiger partial charge is 0.492 e. The highest BCUT2D eigenvalue weighted by Crippen LogP contribution is 2.21. The molecule has 0 atom stereocenters. The van der Waals surface area contributed by atoms with Crippen molar-refractivity contribution < 1.29 is 9.53 Å². The van der Waals surface area contributed by atoms with Crippen LogP contribution in [0.2, 0.25) is 10.0 Å². The van der Waals surface area contributed by atoms with Gasteiger partial charge in [0.1, 0.15) is 12.4 Å². The van der Waals surface area contributed by atoms with Crippen molar-refractivity contribution in [3.63, 3.8) is 0 Å². The predicted molar refractivity (Wildman–Crippen MR) is 90.2 cm³/mol. The van der Waals surface area contributed by atoms with E-state index in [2.05, 4.69) is 10.6 Å². The van der Waals surface area contributed by atoms with E-state index in [9.17, 15) is 4.79 Å². The molecule has 0 heterocycles. The fourth-order valence-corrected chi connectivity index (χ4v) is 2.00. The molecule has 2 rings (SSSR count). The SMILES string of the molecule is Cc1ccc(OCCNC(=O)Nc2ccc(Cl)cc2)cc1Cl. The number of hydrogen-bond acceptors (Lipinski definition) is 2. The third-order valence-electron chi connectivity index (χ3n) is 2.90. The first-order valence-electron chi connectivity index (χ1n) is 6.74. The maximum absolute atomic E-state index is 11.7. The lowest BCUT2D eigenvalue weighted by atomic mass is 10.2. The van der Waals surface area contributed by atoms with E-state index in [1.807, 2.05) is 19.1 Å². The lowest BCUT2D eigenvalue weighted by Gasteiger charge is -2.10. The highest BCUT2D eigenvalue weighted by atomic mass is 35.5. The molecular weight excluding hydrogens is 323 g/mol. The summed E-state index contributed by atoms with van der Waals surface area (Å²) in [5, 5.41) is 6.68. The fourth-order valence-electron chi connectivity index (χ4n) is 1.71. The van der Waals surface area contributed by atoms with Crippen LogP contribution in [0.15, 0.2) is 42.5 Å². The Morgan fingerprint density at radius 3 is 2.55 bits per heavy atom. The third-order valence-corrected chi connectivity index (χ3v) is 3.56. The van der Waals surface area contributed by atoms with E-state index >= 15 is 0 Å². The zero-order chi connectivity index (χ0) is 15.9. The standard InChI is InChI=1S/C16H16Cl2N2O2/c1-11-2-7-14(10-15(11)18)22-9-8-19-16(21)20-13-5-3-12(17)4-6-13/h2-7,10H,8-9H2,1H3,(H2,19,20,21). The van der Waals surface area contributed by atoms with Crippen molar-refractivity contribution in [2.45, 2.75) is 6.92 Å². The minimum absolute atomic E-state index is 0.298. The van der Waals surface area contributed by atoms with Gasteiger partial charge in [-0.15, -0.1) is 0 Å². The molecule has 0 fully saturated rings. The minimum atomic E-state index is -0.298. The smallest absolute Gasteiger partial charge is 0.319 e. The first-order valence-corrected chi connectivity index (χ1v) is 7.49. The van der Waals surface area contributed by atoms with Gasteiger partial charge < -0.3 is 15.4 Å². The Morgan fingerprint density at radius 2 is 1.86 bits per heavy atom. The lowest BCUT2D eigenvalue weighted by molar-refractivity contribution is 0.247. The highest BCUT2D eigenvalue weighted by molar-refractivity contribution is 6.31. The zero-order valence-corrected chi connectivity index (χ0v) is 13.5. The first kappa shape index (κ1) is 16.5. The average molecular weight is 339 g/mol. The number of benzene rings is 2. The van der Waals surface area contributed by atoms with Gasteiger partial charge in [0.05, 0.1) is 6.54 Å². The van der Waals surface area contributed by atoms with Gasteiger partial charge in [-0.3, -0.25) is 0 Å². The Labute approximate surface area is 139 Å². The van der Waals surface area contributed by atoms with Gasteiger partial charge in [0, 0.05) is 15.7 Å². The van der Waals surface area contributed by atoms with Crippen LogP contribution in [0.25, 0.3) is 0 Å². The quantitative estimate of drug-likeness (QED) is 0.788. The second-order valence-electron chi connectivity index (χ2n) is 4.65. The summed E-state index contributed by atoms with van der Waals surface area (Å²) < 4.78 is 5.51. The van der Waals surface area contributed by atoms with Crippen molar-refractivity contribution in [3.8, 4) is 5.75 Å². The molecule has 0 saturated heterocycles. The van der Waals surface area contributed by atoms with Crippen LogP contribution in [0.5, 0.6) is 5.75 Å². The van der Waals surface area contributed by atoms with Crippen LogP contribution in [-0.4, -0.2) is 19.2 Å². The average Bonchev–Trinajstić information content (AvgIpc) is 2.49. The van der Waals surface area contributed by atoms with Gasteiger partial charge in [0.2, 0.25) is 0 Å². The summed E-state index contributed by atoms with van der Waals surface area (Å²) in [6, 6.07) is 12.1. The molecule has 2 aromatic carbocycles. The summed E-state index contributed by atoms with van der Waals surface area (Å²) in [7, 11) is 0. The van der Waals surface area contributed by atoms with E-state index in [0.29, 0.717) is 34.6 Å². The van der Waals surface area contributed by atoms with Crippen LogP contribution in [-0.2, 0) is 0 Å². The minimum Gasteiger partial charge on any atom is -0.492 e. The molecule has 0 aliphatic heterocycles. The molecule has 2 N–H and O–H groups in total. The van der Waals surface area contributed by atoms with Gasteiger partial charge in [-0.2, -0.15) is 0 Å². The summed E-state index contributed by atoms with van der Waals surface area (Å²) >= 11 is 11.8. The van der Waals surface area contributed by atoms with Gasteiger partial charge in [-0.05, 0) is 48.9 Å². The molecule has 0 unspecified atom stereocenters. The normalized spacial score (nSPS) is 10.1. The summed E-state index contributed by atoms with van der Waals surface area (Å²) in [6.45, 7) is 2.66. The number of ether oxygens (including phenoxy) is 1. The molecule has 0 radical (unpaired) electrons. The molecule has 0 saturated carbocycles. The Kier molecular flexibility index (Phi) is 5.92. The van der Waals surface area contributed by atoms with E-state index in [0.717, 1.165) is 5.56 Å². The zero-order valence-electron chi connectivity index (χ0n) is 12.0. The van der Waals surface area contributed by atoms with Crippen molar-refractivity contribution in [2.24, 2.45) is 0 Å². The van der Waals surface area contributed by atoms with Gasteiger partial charge in [-0.1, -0.05) is 29.3 Å². The van der Waals surface area contributed by atoms with E-state index in [-0.39, 0.29) is 6.03 Å². The molecule has 2 amide bonds. The molecule has 0 aliphatic rings. The number of anilines is 1. The molecular formula is C16H16Cl2N2O2. The van der Waals surface area contributed by atoms with Crippen molar-refractivity contribution in [1.29, 1.82) is 0 Å². The highest BCUT2D eigenvalue weighted by Gasteiger charge is 2.02. The van der Waals surface area contributed by atoms with Crippen LogP contribution in [0.4, 0.5) is 10.5 Å². The van der Waals surface area contributed by atoms with E-state index in [1.165, 1.54) is 0 Å². The topological polar surface area (TPSA) is 50.4 Å². The maximum Gasteiger partial charge on any atom is 0.319 e. The summed E-state index contributed by atoms with van der Waals surface area (Å²) in [5.74, 6) is 0.676. The summed E-state index contributed by atoms with van der Waals surface area (Å²) in [6.07, 6.45) is 0. The Morgan fingerprint density at radius 1 is 1.14 bits per heavy atom. The molecule has 22 heavy (non-hydrogen) atoms. The monoisotopic (exact) mass is 338 g/mol. The van der Waals surface area contributed by atoms with Crippen LogP contribution >= 0.6 is 23.2 Å². The molecule has 6 heteroatoms. The number of halogens is 2. The number of carbonyl (C=O) groups excluding carboxylic acids is 1. The number of carbonyl (C=O) groups is 1. The summed E-state index contributed by atoms with van der Waals surface area (Å²) in [5.41, 5.74) is 1.67. The van der Waals surface area contributed by atoms with Gasteiger partial charge >= 0.3 is 6.03 Å². The van der Waals surface area contributed by atoms with E-state index < -0.39 is 0 Å². The third kappa shape index (κ3) is 5.13. The molecule has 0 spiro atoms. The second-order valence-corrected chi connectivity index (χ2v) is 5.49. The molecule has 116 valence electrons. The molecule has 0 aromatic heterocycles. The molecule has 0 aliphatic carbocycles. The van der Waals surface area contributed by atoms with Crippen LogP contribution < -0.4 is 15.4 Å². The molecule has 4 nitrogen and oxygen atoms in total. The number of aryl methyl sites for hydroxylation is 1. The van der Waals surface area contributed by atoms with Crippen molar-refractivity contribution >= 4 is 34.9 Å². The number of nitrogens with one attached hydrogen (secondary N) is 2. The Bertz CT molecular complexity index is 645. The van der Waals surface area contributed by atoms with Crippen LogP contribution in [0.3, 0.4) is 0 Å². The maximum atomic E-state index is 11.7. The van der Waals surface area contributed by atoms with Crippen molar-refractivity contribution in [3.05, 3.63) is 58.1 Å². The Balaban J connectivity index is 1.70. The van der Waals surface area contributed by atoms with Gasteiger partial charge in [-0.25, -0.2) is 4.79 Å². The number of urea groups is 1. The second kappa shape index (κ2) is 7.92. The Hall–Kier alpha value is -1.91. The van der Waals surface area contributed by atoms with E-state index in [4.69, 9.17) is 27.9 Å². The van der Waals surface area contributed by atoms with Gasteiger partial charge in [0.25, 0.3) is 0 Å². The van der Waals surface area contributed by atoms with Crippen molar-refractivity contribution in [2.75, 3.05) is 18.5 Å². The fraction of sp³-hybridized carbons (Fsp3) is 0.188. The molecule has 2 aromatic rings.